The fraction of sp³-hybridized carbons (Fsp3) is 0.500. The third-order valence-electron chi connectivity index (χ3n) is 7.34. The van der Waals surface area contributed by atoms with Crippen LogP contribution in [0.15, 0.2) is 42.5 Å². The molecule has 0 bridgehead atoms. The van der Waals surface area contributed by atoms with E-state index in [1.807, 2.05) is 0 Å². The molecule has 0 atom stereocenters. The van der Waals surface area contributed by atoms with Gasteiger partial charge in [-0.1, -0.05) is 62.1 Å². The second kappa shape index (κ2) is 5.76. The van der Waals surface area contributed by atoms with Crippen LogP contribution in [-0.2, 0) is 5.41 Å². The number of fused-ring (bicyclic) bond motifs is 2. The number of allylic oxidation sites excluding steroid dienone is 1. The van der Waals surface area contributed by atoms with Crippen LogP contribution in [0.2, 0.25) is 0 Å². The van der Waals surface area contributed by atoms with E-state index in [1.54, 1.807) is 5.56 Å². The van der Waals surface area contributed by atoms with E-state index in [0.29, 0.717) is 5.41 Å². The van der Waals surface area contributed by atoms with Crippen LogP contribution in [0.3, 0.4) is 0 Å². The summed E-state index contributed by atoms with van der Waals surface area (Å²) in [7, 11) is 0. The molecule has 0 amide bonds. The molecular formula is C24H28. The summed E-state index contributed by atoms with van der Waals surface area (Å²) < 4.78 is 0. The van der Waals surface area contributed by atoms with E-state index in [0.717, 1.165) is 11.8 Å². The largest absolute Gasteiger partial charge is 0.0830 e. The Labute approximate surface area is 146 Å². The molecule has 0 N–H and O–H groups in total. The highest BCUT2D eigenvalue weighted by atomic mass is 14.5. The van der Waals surface area contributed by atoms with Crippen LogP contribution in [0.5, 0.6) is 0 Å². The van der Waals surface area contributed by atoms with E-state index in [9.17, 15) is 0 Å². The van der Waals surface area contributed by atoms with E-state index in [-0.39, 0.29) is 0 Å². The first-order chi connectivity index (χ1) is 11.9. The smallest absolute Gasteiger partial charge is 0.00501 e. The summed E-state index contributed by atoms with van der Waals surface area (Å²) in [6.45, 7) is 0. The Kier molecular flexibility index (Phi) is 3.54. The van der Waals surface area contributed by atoms with Gasteiger partial charge in [-0.3, -0.25) is 0 Å². The number of hydrogen-bond donors (Lipinski definition) is 0. The predicted octanol–water partition coefficient (Wildman–Crippen LogP) is 6.87. The highest BCUT2D eigenvalue weighted by Crippen LogP contribution is 2.56. The normalized spacial score (nSPS) is 23.8. The van der Waals surface area contributed by atoms with E-state index >= 15 is 0 Å². The molecule has 2 aromatic rings. The van der Waals surface area contributed by atoms with E-state index in [2.05, 4.69) is 48.6 Å². The van der Waals surface area contributed by atoms with Crippen LogP contribution in [0.1, 0.15) is 68.9 Å². The molecule has 0 heterocycles. The van der Waals surface area contributed by atoms with Crippen molar-refractivity contribution in [2.45, 2.75) is 63.2 Å². The molecule has 0 radical (unpaired) electrons. The highest BCUT2D eigenvalue weighted by molar-refractivity contribution is 5.87. The minimum Gasteiger partial charge on any atom is -0.0830 e. The standard InChI is InChI=1S/C24H28/c1-2-9-19-17-23-20(16-18(19)8-1)10-7-15-24(23,21-11-3-4-12-21)22-13-5-6-14-22/h1-2,7-10,16-17,21-22H,3-6,11-15H2. The molecule has 0 nitrogen and oxygen atoms in total. The van der Waals surface area contributed by atoms with Gasteiger partial charge in [0.15, 0.2) is 0 Å². The van der Waals surface area contributed by atoms with Gasteiger partial charge in [-0.05, 0) is 78.0 Å². The molecular weight excluding hydrogens is 288 g/mol. The van der Waals surface area contributed by atoms with Gasteiger partial charge >= 0.3 is 0 Å². The molecule has 3 aliphatic carbocycles. The van der Waals surface area contributed by atoms with Gasteiger partial charge in [0, 0.05) is 5.41 Å². The first kappa shape index (κ1) is 14.8. The number of rotatable bonds is 2. The number of hydrogen-bond acceptors (Lipinski definition) is 0. The molecule has 0 saturated heterocycles. The van der Waals surface area contributed by atoms with Crippen LogP contribution in [-0.4, -0.2) is 0 Å². The molecule has 3 aliphatic rings. The van der Waals surface area contributed by atoms with Gasteiger partial charge in [-0.2, -0.15) is 0 Å². The molecule has 0 spiro atoms. The fourth-order valence-corrected chi connectivity index (χ4v) is 6.28. The Balaban J connectivity index is 1.73. The zero-order chi connectivity index (χ0) is 16.0. The Hall–Kier alpha value is -1.56. The van der Waals surface area contributed by atoms with E-state index < -0.39 is 0 Å². The van der Waals surface area contributed by atoms with Crippen LogP contribution in [0.4, 0.5) is 0 Å². The minimum absolute atomic E-state index is 0.432. The van der Waals surface area contributed by atoms with Gasteiger partial charge < -0.3 is 0 Å². The maximum atomic E-state index is 2.57. The Bertz CT molecular complexity index is 754. The molecule has 24 heavy (non-hydrogen) atoms. The van der Waals surface area contributed by atoms with Gasteiger partial charge in [0.1, 0.15) is 0 Å². The summed E-state index contributed by atoms with van der Waals surface area (Å²) in [6.07, 6.45) is 17.8. The van der Waals surface area contributed by atoms with Crippen LogP contribution >= 0.6 is 0 Å². The molecule has 0 heteroatoms. The first-order valence-corrected chi connectivity index (χ1v) is 10.1. The van der Waals surface area contributed by atoms with Crippen molar-refractivity contribution in [3.63, 3.8) is 0 Å². The van der Waals surface area contributed by atoms with Crippen molar-refractivity contribution in [3.05, 3.63) is 53.6 Å². The lowest BCUT2D eigenvalue weighted by Crippen LogP contribution is -2.42. The molecule has 2 aromatic carbocycles. The lowest BCUT2D eigenvalue weighted by Gasteiger charge is -2.47. The lowest BCUT2D eigenvalue weighted by atomic mass is 9.57. The minimum atomic E-state index is 0.432. The Morgan fingerprint density at radius 3 is 1.96 bits per heavy atom. The predicted molar refractivity (Wildman–Crippen MR) is 103 cm³/mol. The average molecular weight is 316 g/mol. The number of benzene rings is 2. The first-order valence-electron chi connectivity index (χ1n) is 10.1. The summed E-state index contributed by atoms with van der Waals surface area (Å²) in [6, 6.07) is 14.0. The van der Waals surface area contributed by atoms with Crippen molar-refractivity contribution in [2.75, 3.05) is 0 Å². The third-order valence-corrected chi connectivity index (χ3v) is 7.34. The topological polar surface area (TPSA) is 0 Å². The summed E-state index contributed by atoms with van der Waals surface area (Å²) in [5.41, 5.74) is 3.64. The van der Waals surface area contributed by atoms with Crippen molar-refractivity contribution in [1.82, 2.24) is 0 Å². The van der Waals surface area contributed by atoms with E-state index in [4.69, 9.17) is 0 Å². The third kappa shape index (κ3) is 2.11. The molecule has 0 aliphatic heterocycles. The average Bonchev–Trinajstić information content (AvgIpc) is 3.33. The summed E-state index contributed by atoms with van der Waals surface area (Å²) >= 11 is 0. The van der Waals surface area contributed by atoms with Gasteiger partial charge in [-0.25, -0.2) is 0 Å². The van der Waals surface area contributed by atoms with Crippen molar-refractivity contribution >= 4 is 16.8 Å². The highest BCUT2D eigenvalue weighted by Gasteiger charge is 2.48. The zero-order valence-corrected chi connectivity index (χ0v) is 14.6. The molecule has 0 unspecified atom stereocenters. The summed E-state index contributed by atoms with van der Waals surface area (Å²) in [4.78, 5) is 0. The van der Waals surface area contributed by atoms with Crippen molar-refractivity contribution in [3.8, 4) is 0 Å². The van der Waals surface area contributed by atoms with Crippen molar-refractivity contribution in [1.29, 1.82) is 0 Å². The maximum Gasteiger partial charge on any atom is 0.00501 e. The molecule has 124 valence electrons. The molecule has 5 rings (SSSR count). The van der Waals surface area contributed by atoms with Crippen molar-refractivity contribution < 1.29 is 0 Å². The maximum absolute atomic E-state index is 2.57. The lowest BCUT2D eigenvalue weighted by molar-refractivity contribution is 0.170. The van der Waals surface area contributed by atoms with Crippen molar-refractivity contribution in [2.24, 2.45) is 11.8 Å². The van der Waals surface area contributed by atoms with Crippen LogP contribution in [0.25, 0.3) is 16.8 Å². The Morgan fingerprint density at radius 2 is 1.33 bits per heavy atom. The van der Waals surface area contributed by atoms with E-state index in [1.165, 1.54) is 74.1 Å². The zero-order valence-electron chi connectivity index (χ0n) is 14.6. The van der Waals surface area contributed by atoms with Gasteiger partial charge in [-0.15, -0.1) is 0 Å². The monoisotopic (exact) mass is 316 g/mol. The molecule has 0 aromatic heterocycles. The second-order valence-corrected chi connectivity index (χ2v) is 8.40. The quantitative estimate of drug-likeness (QED) is 0.567. The Morgan fingerprint density at radius 1 is 0.750 bits per heavy atom. The molecule has 2 saturated carbocycles. The second-order valence-electron chi connectivity index (χ2n) is 8.40. The summed E-state index contributed by atoms with van der Waals surface area (Å²) in [5, 5.41) is 2.83. The summed E-state index contributed by atoms with van der Waals surface area (Å²) in [5.74, 6) is 1.82. The van der Waals surface area contributed by atoms with Gasteiger partial charge in [0.25, 0.3) is 0 Å². The van der Waals surface area contributed by atoms with Crippen LogP contribution < -0.4 is 0 Å². The van der Waals surface area contributed by atoms with Crippen LogP contribution in [0, 0.1) is 11.8 Å². The SMILES string of the molecule is C1=Cc2cc3ccccc3cc2C(C2CCCC2)(C2CCCC2)C1. The van der Waals surface area contributed by atoms with Gasteiger partial charge in [0.2, 0.25) is 0 Å². The molecule has 2 fully saturated rings. The fourth-order valence-electron chi connectivity index (χ4n) is 6.28. The van der Waals surface area contributed by atoms with Gasteiger partial charge in [0.05, 0.1) is 0 Å².